The molecule has 0 aliphatic carbocycles. The van der Waals surface area contributed by atoms with Crippen molar-refractivity contribution in [3.05, 3.63) is 51.9 Å². The van der Waals surface area contributed by atoms with Crippen molar-refractivity contribution in [1.82, 2.24) is 20.0 Å². The molecule has 1 aromatic heterocycles. The number of anilines is 1. The zero-order valence-corrected chi connectivity index (χ0v) is 16.9. The van der Waals surface area contributed by atoms with Crippen molar-refractivity contribution >= 4 is 23.2 Å². The molecule has 0 bridgehead atoms. The predicted octanol–water partition coefficient (Wildman–Crippen LogP) is 1.92. The molecule has 3 rings (SSSR count). The lowest BCUT2D eigenvalue weighted by Crippen LogP contribution is -2.50. The highest BCUT2D eigenvalue weighted by molar-refractivity contribution is 6.33. The molecule has 0 atom stereocenters. The van der Waals surface area contributed by atoms with Crippen LogP contribution in [0.25, 0.3) is 5.69 Å². The first-order valence-electron chi connectivity index (χ1n) is 9.67. The van der Waals surface area contributed by atoms with Gasteiger partial charge in [0.05, 0.1) is 24.1 Å². The molecule has 150 valence electrons. The third-order valence-electron chi connectivity index (χ3n) is 4.83. The number of aromatic nitrogens is 2. The van der Waals surface area contributed by atoms with Crippen molar-refractivity contribution < 1.29 is 4.79 Å². The lowest BCUT2D eigenvalue weighted by Gasteiger charge is -2.35. The van der Waals surface area contributed by atoms with E-state index < -0.39 is 0 Å². The topological polar surface area (TPSA) is 70.5 Å². The second-order valence-corrected chi connectivity index (χ2v) is 7.24. The van der Waals surface area contributed by atoms with Crippen LogP contribution in [0.2, 0.25) is 5.02 Å². The molecule has 8 heteroatoms. The Hall–Kier alpha value is -2.38. The Morgan fingerprint density at radius 2 is 1.89 bits per heavy atom. The molecule has 28 heavy (non-hydrogen) atoms. The number of nitrogens with zero attached hydrogens (tertiary/aromatic N) is 4. The monoisotopic (exact) mass is 403 g/mol. The molecule has 1 amide bonds. The Morgan fingerprint density at radius 1 is 1.18 bits per heavy atom. The van der Waals surface area contributed by atoms with Crippen LogP contribution in [-0.4, -0.2) is 59.9 Å². The van der Waals surface area contributed by atoms with Crippen molar-refractivity contribution in [2.24, 2.45) is 0 Å². The Balaban J connectivity index is 1.61. The second-order valence-electron chi connectivity index (χ2n) is 6.86. The molecule has 1 aromatic carbocycles. The number of halogens is 1. The molecule has 1 fully saturated rings. The number of nitrogens with one attached hydrogen (secondary N) is 1. The fourth-order valence-electron chi connectivity index (χ4n) is 3.21. The van der Waals surface area contributed by atoms with Crippen LogP contribution in [0.3, 0.4) is 0 Å². The van der Waals surface area contributed by atoms with E-state index in [1.54, 1.807) is 6.20 Å². The summed E-state index contributed by atoms with van der Waals surface area (Å²) in [5.74, 6) is 0.0621. The van der Waals surface area contributed by atoms with Crippen molar-refractivity contribution in [2.45, 2.75) is 19.8 Å². The molecular formula is C20H26ClN5O2. The minimum Gasteiger partial charge on any atom is -0.366 e. The van der Waals surface area contributed by atoms with E-state index in [9.17, 15) is 9.59 Å². The molecular weight excluding hydrogens is 378 g/mol. The summed E-state index contributed by atoms with van der Waals surface area (Å²) in [5, 5.41) is 7.41. The normalized spacial score (nSPS) is 14.9. The maximum atomic E-state index is 12.6. The van der Waals surface area contributed by atoms with E-state index in [2.05, 4.69) is 27.1 Å². The standard InChI is InChI=1S/C20H26ClN5O2/c1-2-3-9-22-18(27)15-24-10-12-25(13-11-24)17-14-23-26(20(28)19(17)21)16-7-5-4-6-8-16/h4-8,14H,2-3,9-13,15H2,1H3,(H,22,27). The third kappa shape index (κ3) is 4.91. The SMILES string of the molecule is CCCCNC(=O)CN1CCN(c2cnn(-c3ccccc3)c(=O)c2Cl)CC1. The van der Waals surface area contributed by atoms with Gasteiger partial charge in [0.25, 0.3) is 5.56 Å². The van der Waals surface area contributed by atoms with Gasteiger partial charge >= 0.3 is 0 Å². The number of piperazine rings is 1. The van der Waals surface area contributed by atoms with Crippen LogP contribution < -0.4 is 15.8 Å². The molecule has 0 radical (unpaired) electrons. The first-order valence-corrected chi connectivity index (χ1v) is 10.0. The van der Waals surface area contributed by atoms with Crippen molar-refractivity contribution in [3.8, 4) is 5.69 Å². The van der Waals surface area contributed by atoms with Crippen LogP contribution in [0.1, 0.15) is 19.8 Å². The molecule has 1 aliphatic heterocycles. The van der Waals surface area contributed by atoms with E-state index in [4.69, 9.17) is 11.6 Å². The van der Waals surface area contributed by atoms with E-state index in [1.807, 2.05) is 30.3 Å². The van der Waals surface area contributed by atoms with E-state index in [0.717, 1.165) is 32.5 Å². The first kappa shape index (κ1) is 20.4. The van der Waals surface area contributed by atoms with Gasteiger partial charge < -0.3 is 10.2 Å². The zero-order valence-electron chi connectivity index (χ0n) is 16.1. The summed E-state index contributed by atoms with van der Waals surface area (Å²) in [6, 6.07) is 9.21. The van der Waals surface area contributed by atoms with Gasteiger partial charge in [0.2, 0.25) is 5.91 Å². The number of benzene rings is 1. The number of carbonyl (C=O) groups excluding carboxylic acids is 1. The average molecular weight is 404 g/mol. The van der Waals surface area contributed by atoms with E-state index in [1.165, 1.54) is 4.68 Å². The van der Waals surface area contributed by atoms with Crippen LogP contribution in [-0.2, 0) is 4.79 Å². The molecule has 0 saturated carbocycles. The van der Waals surface area contributed by atoms with Crippen molar-refractivity contribution in [1.29, 1.82) is 0 Å². The van der Waals surface area contributed by atoms with Crippen LogP contribution in [0.15, 0.2) is 41.3 Å². The minimum absolute atomic E-state index is 0.0621. The van der Waals surface area contributed by atoms with E-state index in [0.29, 0.717) is 31.0 Å². The van der Waals surface area contributed by atoms with Gasteiger partial charge in [-0.25, -0.2) is 0 Å². The fraction of sp³-hybridized carbons (Fsp3) is 0.450. The molecule has 7 nitrogen and oxygen atoms in total. The Bertz CT molecular complexity index is 847. The van der Waals surface area contributed by atoms with E-state index in [-0.39, 0.29) is 16.5 Å². The number of amides is 1. The molecule has 1 aliphatic rings. The maximum Gasteiger partial charge on any atom is 0.292 e. The summed E-state index contributed by atoms with van der Waals surface area (Å²) in [4.78, 5) is 28.8. The summed E-state index contributed by atoms with van der Waals surface area (Å²) in [6.07, 6.45) is 3.71. The molecule has 0 spiro atoms. The number of hydrogen-bond donors (Lipinski definition) is 1. The second kappa shape index (κ2) is 9.71. The van der Waals surface area contributed by atoms with Crippen LogP contribution in [0, 0.1) is 0 Å². The quantitative estimate of drug-likeness (QED) is 0.715. The third-order valence-corrected chi connectivity index (χ3v) is 5.19. The summed E-state index contributed by atoms with van der Waals surface area (Å²) < 4.78 is 1.31. The highest BCUT2D eigenvalue weighted by Gasteiger charge is 2.22. The first-order chi connectivity index (χ1) is 13.6. The highest BCUT2D eigenvalue weighted by Crippen LogP contribution is 2.23. The molecule has 1 N–H and O–H groups in total. The van der Waals surface area contributed by atoms with Gasteiger partial charge in [-0.2, -0.15) is 9.78 Å². The molecule has 1 saturated heterocycles. The van der Waals surface area contributed by atoms with Gasteiger partial charge in [-0.05, 0) is 18.6 Å². The summed E-state index contributed by atoms with van der Waals surface area (Å²) in [6.45, 7) is 6.09. The lowest BCUT2D eigenvalue weighted by molar-refractivity contribution is -0.122. The Labute approximate surface area is 169 Å². The van der Waals surface area contributed by atoms with Gasteiger partial charge in [0.1, 0.15) is 5.02 Å². The average Bonchev–Trinajstić information content (AvgIpc) is 2.72. The van der Waals surface area contributed by atoms with Gasteiger partial charge in [0, 0.05) is 32.7 Å². The minimum atomic E-state index is -0.330. The number of unbranched alkanes of at least 4 members (excludes halogenated alkanes) is 1. The van der Waals surface area contributed by atoms with Gasteiger partial charge in [0.15, 0.2) is 0 Å². The van der Waals surface area contributed by atoms with Crippen LogP contribution in [0.5, 0.6) is 0 Å². The number of carbonyl (C=O) groups is 1. The summed E-state index contributed by atoms with van der Waals surface area (Å²) >= 11 is 6.38. The number of rotatable bonds is 7. The highest BCUT2D eigenvalue weighted by atomic mass is 35.5. The zero-order chi connectivity index (χ0) is 19.9. The van der Waals surface area contributed by atoms with Gasteiger partial charge in [-0.1, -0.05) is 43.1 Å². The maximum absolute atomic E-state index is 12.6. The van der Waals surface area contributed by atoms with E-state index >= 15 is 0 Å². The fourth-order valence-corrected chi connectivity index (χ4v) is 3.46. The van der Waals surface area contributed by atoms with Crippen LogP contribution in [0.4, 0.5) is 5.69 Å². The van der Waals surface area contributed by atoms with Crippen molar-refractivity contribution in [3.63, 3.8) is 0 Å². The Kier molecular flexibility index (Phi) is 7.06. The molecule has 0 unspecified atom stereocenters. The van der Waals surface area contributed by atoms with Gasteiger partial charge in [-0.3, -0.25) is 14.5 Å². The predicted molar refractivity (Wildman–Crippen MR) is 111 cm³/mol. The Morgan fingerprint density at radius 3 is 2.57 bits per heavy atom. The van der Waals surface area contributed by atoms with Gasteiger partial charge in [-0.15, -0.1) is 0 Å². The van der Waals surface area contributed by atoms with Crippen molar-refractivity contribution in [2.75, 3.05) is 44.2 Å². The number of hydrogen-bond acceptors (Lipinski definition) is 5. The summed E-state index contributed by atoms with van der Waals surface area (Å²) in [7, 11) is 0. The molecule has 2 heterocycles. The smallest absolute Gasteiger partial charge is 0.292 e. The number of para-hydroxylation sites is 1. The summed E-state index contributed by atoms with van der Waals surface area (Å²) in [5.41, 5.74) is 0.994. The van der Waals surface area contributed by atoms with Crippen LogP contribution >= 0.6 is 11.6 Å². The lowest BCUT2D eigenvalue weighted by atomic mass is 10.2. The largest absolute Gasteiger partial charge is 0.366 e. The molecule has 2 aromatic rings.